The van der Waals surface area contributed by atoms with Crippen molar-refractivity contribution < 1.29 is 24.2 Å². The number of hydrogen-bond acceptors (Lipinski definition) is 8. The molecule has 1 unspecified atom stereocenters. The van der Waals surface area contributed by atoms with E-state index in [1.807, 2.05) is 22.4 Å². The number of carboxylic acids is 1. The molecule has 0 radical (unpaired) electrons. The van der Waals surface area contributed by atoms with Gasteiger partial charge >= 0.3 is 11.9 Å². The Balaban J connectivity index is 1.99. The van der Waals surface area contributed by atoms with Crippen LogP contribution in [-0.4, -0.2) is 47.4 Å². The van der Waals surface area contributed by atoms with Crippen LogP contribution in [0.1, 0.15) is 24.3 Å². The number of allylic oxidation sites excluding steroid dienone is 1. The summed E-state index contributed by atoms with van der Waals surface area (Å²) in [4.78, 5) is 31.2. The monoisotopic (exact) mass is 394 g/mol. The minimum absolute atomic E-state index is 0.140. The van der Waals surface area contributed by atoms with Gasteiger partial charge in [-0.05, 0) is 23.8 Å². The maximum atomic E-state index is 12.7. The van der Waals surface area contributed by atoms with Crippen LogP contribution in [0.5, 0.6) is 0 Å². The van der Waals surface area contributed by atoms with E-state index in [1.54, 1.807) is 12.3 Å². The SMILES string of the molecule is COCCOC(=O)C1=C(C)N=C2SC=C(CC(=O)O)N2C1c1cccs1. The van der Waals surface area contributed by atoms with Gasteiger partial charge < -0.3 is 19.5 Å². The molecule has 3 rings (SSSR count). The highest BCUT2D eigenvalue weighted by Gasteiger charge is 2.41. The summed E-state index contributed by atoms with van der Waals surface area (Å²) in [6.07, 6.45) is -0.140. The van der Waals surface area contributed by atoms with Gasteiger partial charge in [-0.3, -0.25) is 4.79 Å². The Bertz CT molecular complexity index is 798. The molecule has 3 heterocycles. The molecule has 2 aliphatic rings. The summed E-state index contributed by atoms with van der Waals surface area (Å²) in [5.41, 5.74) is 1.61. The minimum Gasteiger partial charge on any atom is -0.481 e. The maximum absolute atomic E-state index is 12.7. The van der Waals surface area contributed by atoms with Crippen molar-refractivity contribution in [1.82, 2.24) is 4.90 Å². The number of carbonyl (C=O) groups excluding carboxylic acids is 1. The topological polar surface area (TPSA) is 88.4 Å². The Hall–Kier alpha value is -2.10. The van der Waals surface area contributed by atoms with Crippen molar-refractivity contribution >= 4 is 40.2 Å². The number of thiophene rings is 1. The van der Waals surface area contributed by atoms with Gasteiger partial charge in [-0.25, -0.2) is 9.79 Å². The summed E-state index contributed by atoms with van der Waals surface area (Å²) >= 11 is 2.87. The molecule has 0 saturated carbocycles. The summed E-state index contributed by atoms with van der Waals surface area (Å²) < 4.78 is 10.3. The highest BCUT2D eigenvalue weighted by Crippen LogP contribution is 2.45. The number of methoxy groups -OCH3 is 1. The molecule has 0 spiro atoms. The zero-order valence-electron chi connectivity index (χ0n) is 14.3. The molecule has 138 valence electrons. The molecule has 0 aliphatic carbocycles. The van der Waals surface area contributed by atoms with Crippen molar-refractivity contribution in [2.75, 3.05) is 20.3 Å². The number of carboxylic acid groups (broad SMARTS) is 1. The molecule has 0 saturated heterocycles. The average Bonchev–Trinajstić information content (AvgIpc) is 3.24. The summed E-state index contributed by atoms with van der Waals surface area (Å²) in [6.45, 7) is 2.22. The van der Waals surface area contributed by atoms with Crippen LogP contribution in [0.3, 0.4) is 0 Å². The number of ether oxygens (including phenoxy) is 2. The molecule has 7 nitrogen and oxygen atoms in total. The van der Waals surface area contributed by atoms with Crippen LogP contribution < -0.4 is 0 Å². The normalized spacial score (nSPS) is 19.2. The van der Waals surface area contributed by atoms with Gasteiger partial charge in [0.25, 0.3) is 0 Å². The number of aliphatic imine (C=N–C) groups is 1. The third kappa shape index (κ3) is 3.69. The fourth-order valence-electron chi connectivity index (χ4n) is 2.80. The highest BCUT2D eigenvalue weighted by atomic mass is 32.2. The number of esters is 1. The number of amidine groups is 1. The number of fused-ring (bicyclic) bond motifs is 1. The van der Waals surface area contributed by atoms with Gasteiger partial charge in [-0.2, -0.15) is 0 Å². The molecule has 9 heteroatoms. The molecule has 1 aromatic rings. The van der Waals surface area contributed by atoms with Crippen molar-refractivity contribution in [3.05, 3.63) is 44.8 Å². The quantitative estimate of drug-likeness (QED) is 0.562. The predicted octanol–water partition coefficient (Wildman–Crippen LogP) is 2.99. The second-order valence-electron chi connectivity index (χ2n) is 5.61. The van der Waals surface area contributed by atoms with Crippen molar-refractivity contribution in [2.45, 2.75) is 19.4 Å². The second kappa shape index (κ2) is 8.07. The molecule has 0 amide bonds. The molecular weight excluding hydrogens is 376 g/mol. The summed E-state index contributed by atoms with van der Waals surface area (Å²) in [6, 6.07) is 3.38. The molecule has 26 heavy (non-hydrogen) atoms. The first-order chi connectivity index (χ1) is 12.5. The van der Waals surface area contributed by atoms with Crippen molar-refractivity contribution in [1.29, 1.82) is 0 Å². The van der Waals surface area contributed by atoms with Crippen LogP contribution in [-0.2, 0) is 19.1 Å². The maximum Gasteiger partial charge on any atom is 0.338 e. The fourth-order valence-corrected chi connectivity index (χ4v) is 4.58. The lowest BCUT2D eigenvalue weighted by Crippen LogP contribution is -2.36. The molecule has 1 aromatic heterocycles. The number of hydrogen-bond donors (Lipinski definition) is 1. The van der Waals surface area contributed by atoms with Crippen molar-refractivity contribution in [3.63, 3.8) is 0 Å². The van der Waals surface area contributed by atoms with Gasteiger partial charge in [0.2, 0.25) is 0 Å². The number of rotatable bonds is 7. The smallest absolute Gasteiger partial charge is 0.338 e. The third-order valence-corrected chi connectivity index (χ3v) is 5.70. The molecule has 1 N–H and O–H groups in total. The summed E-state index contributed by atoms with van der Waals surface area (Å²) in [7, 11) is 1.54. The van der Waals surface area contributed by atoms with Crippen molar-refractivity contribution in [3.8, 4) is 0 Å². The molecular formula is C17H18N2O5S2. The van der Waals surface area contributed by atoms with E-state index in [0.29, 0.717) is 28.7 Å². The number of carbonyl (C=O) groups is 2. The van der Waals surface area contributed by atoms with E-state index in [-0.39, 0.29) is 13.0 Å². The Kier molecular flexibility index (Phi) is 5.80. The van der Waals surface area contributed by atoms with E-state index >= 15 is 0 Å². The van der Waals surface area contributed by atoms with Gasteiger partial charge in [0.15, 0.2) is 5.17 Å². The van der Waals surface area contributed by atoms with Crippen LogP contribution in [0.4, 0.5) is 0 Å². The highest BCUT2D eigenvalue weighted by molar-refractivity contribution is 8.16. The molecule has 1 atom stereocenters. The lowest BCUT2D eigenvalue weighted by atomic mass is 9.99. The largest absolute Gasteiger partial charge is 0.481 e. The molecule has 2 aliphatic heterocycles. The van der Waals surface area contributed by atoms with E-state index in [4.69, 9.17) is 9.47 Å². The molecule has 0 aromatic carbocycles. The van der Waals surface area contributed by atoms with E-state index in [1.165, 1.54) is 30.2 Å². The molecule has 0 bridgehead atoms. The molecule has 0 fully saturated rings. The van der Waals surface area contributed by atoms with E-state index in [0.717, 1.165) is 4.88 Å². The van der Waals surface area contributed by atoms with Crippen LogP contribution in [0.2, 0.25) is 0 Å². The zero-order chi connectivity index (χ0) is 18.7. The van der Waals surface area contributed by atoms with Gasteiger partial charge in [-0.1, -0.05) is 17.8 Å². The van der Waals surface area contributed by atoms with Gasteiger partial charge in [-0.15, -0.1) is 11.3 Å². The Morgan fingerprint density at radius 2 is 2.19 bits per heavy atom. The lowest BCUT2D eigenvalue weighted by molar-refractivity contribution is -0.141. The third-order valence-electron chi connectivity index (χ3n) is 3.89. The number of aliphatic carboxylic acids is 1. The van der Waals surface area contributed by atoms with Gasteiger partial charge in [0.1, 0.15) is 12.6 Å². The lowest BCUT2D eigenvalue weighted by Gasteiger charge is -2.35. The predicted molar refractivity (Wildman–Crippen MR) is 99.8 cm³/mol. The van der Waals surface area contributed by atoms with Crippen LogP contribution in [0, 0.1) is 0 Å². The number of nitrogens with zero attached hydrogens (tertiary/aromatic N) is 2. The Morgan fingerprint density at radius 3 is 2.85 bits per heavy atom. The van der Waals surface area contributed by atoms with E-state index in [9.17, 15) is 14.7 Å². The second-order valence-corrected chi connectivity index (χ2v) is 7.42. The number of thioether (sulfide) groups is 1. The van der Waals surface area contributed by atoms with Crippen LogP contribution in [0.25, 0.3) is 0 Å². The summed E-state index contributed by atoms with van der Waals surface area (Å²) in [5, 5.41) is 13.6. The first-order valence-corrected chi connectivity index (χ1v) is 9.64. The zero-order valence-corrected chi connectivity index (χ0v) is 15.9. The standard InChI is InChI=1S/C17H18N2O5S2/c1-10-14(16(22)24-6-5-23-2)15(12-4-3-7-25-12)19-11(8-13(20)21)9-26-17(19)18-10/h3-4,7,9,15H,5-6,8H2,1-2H3,(H,20,21). The van der Waals surface area contributed by atoms with Gasteiger partial charge in [0, 0.05) is 17.7 Å². The first kappa shape index (κ1) is 18.7. The van der Waals surface area contributed by atoms with E-state index < -0.39 is 18.0 Å². The Morgan fingerprint density at radius 1 is 1.38 bits per heavy atom. The average molecular weight is 394 g/mol. The van der Waals surface area contributed by atoms with Crippen molar-refractivity contribution in [2.24, 2.45) is 4.99 Å². The first-order valence-electron chi connectivity index (χ1n) is 7.88. The minimum atomic E-state index is -0.932. The van der Waals surface area contributed by atoms with Gasteiger partial charge in [0.05, 0.1) is 24.3 Å². The van der Waals surface area contributed by atoms with Crippen LogP contribution >= 0.6 is 23.1 Å². The van der Waals surface area contributed by atoms with Crippen LogP contribution in [0.15, 0.2) is 44.9 Å². The van der Waals surface area contributed by atoms with E-state index in [2.05, 4.69) is 4.99 Å². The summed E-state index contributed by atoms with van der Waals surface area (Å²) in [5.74, 6) is -1.40. The fraction of sp³-hybridized carbons (Fsp3) is 0.353. The Labute approximate surface area is 159 Å².